The summed E-state index contributed by atoms with van der Waals surface area (Å²) in [7, 11) is 3.23. The molecule has 27 heavy (non-hydrogen) atoms. The fourth-order valence-electron chi connectivity index (χ4n) is 2.75. The highest BCUT2D eigenvalue weighted by Gasteiger charge is 2.18. The molecule has 1 heterocycles. The number of benzene rings is 2. The highest BCUT2D eigenvalue weighted by Crippen LogP contribution is 2.29. The molecule has 1 unspecified atom stereocenters. The fourth-order valence-corrected chi connectivity index (χ4v) is 3.30. The molecule has 3 aromatic rings. The predicted octanol–water partition coefficient (Wildman–Crippen LogP) is 4.35. The van der Waals surface area contributed by atoms with Gasteiger partial charge in [0, 0.05) is 5.56 Å². The summed E-state index contributed by atoms with van der Waals surface area (Å²) in [5.74, 6) is 1.30. The minimum absolute atomic E-state index is 0.182. The van der Waals surface area contributed by atoms with E-state index in [9.17, 15) is 4.79 Å². The van der Waals surface area contributed by atoms with Crippen LogP contribution in [0.3, 0.4) is 0 Å². The maximum absolute atomic E-state index is 12.8. The van der Waals surface area contributed by atoms with Gasteiger partial charge in [-0.15, -0.1) is 0 Å². The van der Waals surface area contributed by atoms with Crippen LogP contribution in [0.1, 0.15) is 28.9 Å². The van der Waals surface area contributed by atoms with Crippen LogP contribution in [0.25, 0.3) is 11.3 Å². The minimum Gasteiger partial charge on any atom is -0.497 e. The Balaban J connectivity index is 1.78. The second-order valence-electron chi connectivity index (χ2n) is 5.98. The number of nitrogens with zero attached hydrogens (tertiary/aromatic N) is 1. The quantitative estimate of drug-likeness (QED) is 0.610. The second kappa shape index (κ2) is 8.26. The van der Waals surface area contributed by atoms with Gasteiger partial charge in [-0.05, 0) is 64.8 Å². The van der Waals surface area contributed by atoms with Gasteiger partial charge in [-0.1, -0.05) is 6.07 Å². The maximum Gasteiger partial charge on any atom is 0.255 e. The summed E-state index contributed by atoms with van der Waals surface area (Å²) in [6.07, 6.45) is 1.53. The molecule has 2 N–H and O–H groups in total. The van der Waals surface area contributed by atoms with Crippen molar-refractivity contribution < 1.29 is 14.3 Å². The summed E-state index contributed by atoms with van der Waals surface area (Å²) < 4.78 is 11.3. The van der Waals surface area contributed by atoms with E-state index in [-0.39, 0.29) is 11.9 Å². The van der Waals surface area contributed by atoms with Crippen molar-refractivity contribution in [3.63, 3.8) is 0 Å². The number of H-pyrrole nitrogens is 1. The van der Waals surface area contributed by atoms with Gasteiger partial charge in [0.05, 0.1) is 42.2 Å². The smallest absolute Gasteiger partial charge is 0.255 e. The molecule has 1 amide bonds. The lowest BCUT2D eigenvalue weighted by atomic mass is 10.1. The molecule has 1 aromatic heterocycles. The van der Waals surface area contributed by atoms with E-state index < -0.39 is 0 Å². The molecular formula is C20H20BrN3O3. The number of halogens is 1. The maximum atomic E-state index is 12.8. The Kier molecular flexibility index (Phi) is 5.81. The number of methoxy groups -OCH3 is 2. The van der Waals surface area contributed by atoms with Crippen LogP contribution in [-0.2, 0) is 0 Å². The third-order valence-electron chi connectivity index (χ3n) is 4.29. The lowest BCUT2D eigenvalue weighted by Crippen LogP contribution is -2.26. The highest BCUT2D eigenvalue weighted by atomic mass is 79.9. The van der Waals surface area contributed by atoms with Gasteiger partial charge in [0.1, 0.15) is 11.5 Å². The van der Waals surface area contributed by atoms with Gasteiger partial charge in [-0.2, -0.15) is 5.10 Å². The van der Waals surface area contributed by atoms with Crippen molar-refractivity contribution in [3.8, 4) is 22.8 Å². The van der Waals surface area contributed by atoms with Gasteiger partial charge in [-0.25, -0.2) is 0 Å². The number of aromatic nitrogens is 2. The molecule has 3 rings (SSSR count). The number of hydrogen-bond acceptors (Lipinski definition) is 4. The summed E-state index contributed by atoms with van der Waals surface area (Å²) in [6, 6.07) is 13.0. The van der Waals surface area contributed by atoms with Crippen molar-refractivity contribution in [2.24, 2.45) is 0 Å². The second-order valence-corrected chi connectivity index (χ2v) is 6.83. The van der Waals surface area contributed by atoms with Crippen molar-refractivity contribution in [2.75, 3.05) is 14.2 Å². The van der Waals surface area contributed by atoms with Crippen LogP contribution in [0.15, 0.2) is 53.1 Å². The van der Waals surface area contributed by atoms with Crippen LogP contribution in [-0.4, -0.2) is 30.3 Å². The summed E-state index contributed by atoms with van der Waals surface area (Å²) in [6.45, 7) is 1.93. The first-order chi connectivity index (χ1) is 13.0. The lowest BCUT2D eigenvalue weighted by Gasteiger charge is -2.16. The monoisotopic (exact) mass is 429 g/mol. The number of nitrogens with one attached hydrogen (secondary N) is 2. The Bertz CT molecular complexity index is 938. The molecule has 6 nitrogen and oxygen atoms in total. The van der Waals surface area contributed by atoms with Gasteiger partial charge >= 0.3 is 0 Å². The average molecular weight is 430 g/mol. The summed E-state index contributed by atoms with van der Waals surface area (Å²) in [5.41, 5.74) is 2.97. The largest absolute Gasteiger partial charge is 0.497 e. The van der Waals surface area contributed by atoms with Crippen LogP contribution < -0.4 is 14.8 Å². The summed E-state index contributed by atoms with van der Waals surface area (Å²) >= 11 is 3.47. The summed E-state index contributed by atoms with van der Waals surface area (Å²) in [5, 5.41) is 9.95. The molecule has 0 aliphatic heterocycles. The summed E-state index contributed by atoms with van der Waals surface area (Å²) in [4.78, 5) is 12.8. The van der Waals surface area contributed by atoms with Gasteiger partial charge < -0.3 is 14.8 Å². The normalized spacial score (nSPS) is 11.7. The number of aromatic amines is 1. The van der Waals surface area contributed by atoms with E-state index in [2.05, 4.69) is 31.4 Å². The van der Waals surface area contributed by atoms with Crippen LogP contribution in [0.4, 0.5) is 0 Å². The molecule has 1 atom stereocenters. The van der Waals surface area contributed by atoms with Gasteiger partial charge in [0.2, 0.25) is 0 Å². The highest BCUT2D eigenvalue weighted by molar-refractivity contribution is 9.10. The first kappa shape index (κ1) is 19.0. The Morgan fingerprint density at radius 2 is 1.89 bits per heavy atom. The van der Waals surface area contributed by atoms with E-state index in [4.69, 9.17) is 9.47 Å². The van der Waals surface area contributed by atoms with Crippen molar-refractivity contribution in [1.82, 2.24) is 15.5 Å². The van der Waals surface area contributed by atoms with Crippen molar-refractivity contribution in [1.29, 1.82) is 0 Å². The van der Waals surface area contributed by atoms with E-state index >= 15 is 0 Å². The molecule has 2 aromatic carbocycles. The molecule has 7 heteroatoms. The van der Waals surface area contributed by atoms with E-state index in [1.165, 1.54) is 6.20 Å². The van der Waals surface area contributed by atoms with Crippen molar-refractivity contribution >= 4 is 21.8 Å². The number of amides is 1. The lowest BCUT2D eigenvalue weighted by molar-refractivity contribution is 0.0940. The van der Waals surface area contributed by atoms with Gasteiger partial charge in [0.15, 0.2) is 0 Å². The molecule has 0 aliphatic carbocycles. The average Bonchev–Trinajstić information content (AvgIpc) is 3.18. The van der Waals surface area contributed by atoms with Crippen LogP contribution in [0.5, 0.6) is 11.5 Å². The van der Waals surface area contributed by atoms with Crippen LogP contribution >= 0.6 is 15.9 Å². The van der Waals surface area contributed by atoms with E-state index in [0.717, 1.165) is 27.1 Å². The van der Waals surface area contributed by atoms with Crippen LogP contribution in [0, 0.1) is 0 Å². The van der Waals surface area contributed by atoms with E-state index in [1.807, 2.05) is 49.4 Å². The zero-order chi connectivity index (χ0) is 19.4. The zero-order valence-corrected chi connectivity index (χ0v) is 16.8. The third-order valence-corrected chi connectivity index (χ3v) is 4.91. The fraction of sp³-hybridized carbons (Fsp3) is 0.200. The number of ether oxygens (including phenoxy) is 2. The standard InChI is InChI=1S/C20H20BrN3O3/c1-12(14-6-9-18(27-3)17(21)10-14)23-20(25)16-11-22-24-19(16)13-4-7-15(26-2)8-5-13/h4-12H,1-3H3,(H,22,24)(H,23,25). The minimum atomic E-state index is -0.200. The number of rotatable bonds is 6. The molecule has 0 saturated carbocycles. The first-order valence-electron chi connectivity index (χ1n) is 8.35. The Morgan fingerprint density at radius 1 is 1.15 bits per heavy atom. The molecule has 0 fully saturated rings. The Morgan fingerprint density at radius 3 is 2.52 bits per heavy atom. The first-order valence-corrected chi connectivity index (χ1v) is 9.15. The number of carbonyl (C=O) groups is 1. The SMILES string of the molecule is COc1ccc(-c2[nH]ncc2C(=O)NC(C)c2ccc(OC)c(Br)c2)cc1. The predicted molar refractivity (Wildman–Crippen MR) is 107 cm³/mol. The van der Waals surface area contributed by atoms with E-state index in [1.54, 1.807) is 14.2 Å². The van der Waals surface area contributed by atoms with Crippen molar-refractivity contribution in [2.45, 2.75) is 13.0 Å². The third kappa shape index (κ3) is 4.14. The molecule has 0 bridgehead atoms. The van der Waals surface area contributed by atoms with Crippen molar-refractivity contribution in [3.05, 3.63) is 64.3 Å². The molecule has 0 radical (unpaired) electrons. The zero-order valence-electron chi connectivity index (χ0n) is 15.2. The molecule has 0 aliphatic rings. The van der Waals surface area contributed by atoms with E-state index in [0.29, 0.717) is 11.3 Å². The van der Waals surface area contributed by atoms with Crippen LogP contribution in [0.2, 0.25) is 0 Å². The molecule has 0 spiro atoms. The van der Waals surface area contributed by atoms with Gasteiger partial charge in [-0.3, -0.25) is 9.89 Å². The molecule has 140 valence electrons. The number of carbonyl (C=O) groups excluding carboxylic acids is 1. The Hall–Kier alpha value is -2.80. The molecule has 0 saturated heterocycles. The topological polar surface area (TPSA) is 76.2 Å². The van der Waals surface area contributed by atoms with Gasteiger partial charge in [0.25, 0.3) is 5.91 Å². The molecular weight excluding hydrogens is 410 g/mol. The Labute approximate surface area is 166 Å². The number of hydrogen-bond donors (Lipinski definition) is 2.